The molecule has 0 saturated carbocycles. The highest BCUT2D eigenvalue weighted by molar-refractivity contribution is 5.91. The first-order valence-corrected chi connectivity index (χ1v) is 8.18. The Kier molecular flexibility index (Phi) is 6.61. The van der Waals surface area contributed by atoms with Crippen molar-refractivity contribution in [2.75, 3.05) is 18.5 Å². The molecule has 4 nitrogen and oxygen atoms in total. The fourth-order valence-corrected chi connectivity index (χ4v) is 2.45. The molecule has 2 aromatic carbocycles. The minimum atomic E-state index is -0.346. The van der Waals surface area contributed by atoms with Crippen molar-refractivity contribution in [1.82, 2.24) is 5.32 Å². The highest BCUT2D eigenvalue weighted by Crippen LogP contribution is 2.22. The third kappa shape index (κ3) is 4.98. The van der Waals surface area contributed by atoms with Crippen molar-refractivity contribution in [1.29, 1.82) is 0 Å². The second kappa shape index (κ2) is 8.91. The van der Waals surface area contributed by atoms with Gasteiger partial charge in [0.1, 0.15) is 18.2 Å². The lowest BCUT2D eigenvalue weighted by molar-refractivity contribution is 0.247. The van der Waals surface area contributed by atoms with Crippen LogP contribution in [-0.4, -0.2) is 19.2 Å². The van der Waals surface area contributed by atoms with Gasteiger partial charge in [-0.1, -0.05) is 38.1 Å². The van der Waals surface area contributed by atoms with Crippen molar-refractivity contribution >= 4 is 11.7 Å². The van der Waals surface area contributed by atoms with Gasteiger partial charge in [-0.25, -0.2) is 9.18 Å². The smallest absolute Gasteiger partial charge is 0.319 e. The second-order valence-corrected chi connectivity index (χ2v) is 5.35. The number of carbonyl (C=O) groups is 1. The summed E-state index contributed by atoms with van der Waals surface area (Å²) in [4.78, 5) is 12.1. The minimum absolute atomic E-state index is 0.270. The summed E-state index contributed by atoms with van der Waals surface area (Å²) >= 11 is 0. The summed E-state index contributed by atoms with van der Waals surface area (Å²) in [5.74, 6) is 0.100. The number of para-hydroxylation sites is 1. The molecule has 0 heterocycles. The van der Waals surface area contributed by atoms with Crippen LogP contribution in [0.2, 0.25) is 0 Å². The van der Waals surface area contributed by atoms with E-state index >= 15 is 0 Å². The van der Waals surface area contributed by atoms with E-state index in [0.717, 1.165) is 29.7 Å². The maximum absolute atomic E-state index is 13.0. The van der Waals surface area contributed by atoms with E-state index < -0.39 is 0 Å². The fourth-order valence-electron chi connectivity index (χ4n) is 2.45. The molecule has 128 valence electrons. The maximum Gasteiger partial charge on any atom is 0.319 e. The molecule has 0 aromatic heterocycles. The Morgan fingerprint density at radius 2 is 1.75 bits per heavy atom. The van der Waals surface area contributed by atoms with E-state index in [1.54, 1.807) is 12.1 Å². The van der Waals surface area contributed by atoms with Gasteiger partial charge in [0.25, 0.3) is 0 Å². The van der Waals surface area contributed by atoms with E-state index in [9.17, 15) is 9.18 Å². The van der Waals surface area contributed by atoms with Gasteiger partial charge in [0.05, 0.1) is 6.54 Å². The number of hydrogen-bond acceptors (Lipinski definition) is 2. The summed E-state index contributed by atoms with van der Waals surface area (Å²) in [5, 5.41) is 5.67. The topological polar surface area (TPSA) is 50.4 Å². The van der Waals surface area contributed by atoms with E-state index in [1.807, 2.05) is 18.2 Å². The Bertz CT molecular complexity index is 667. The third-order valence-corrected chi connectivity index (χ3v) is 3.69. The zero-order valence-corrected chi connectivity index (χ0v) is 14.1. The maximum atomic E-state index is 13.0. The minimum Gasteiger partial charge on any atom is -0.492 e. The third-order valence-electron chi connectivity index (χ3n) is 3.69. The van der Waals surface area contributed by atoms with Crippen molar-refractivity contribution in [3.8, 4) is 5.75 Å². The summed E-state index contributed by atoms with van der Waals surface area (Å²) in [7, 11) is 0. The monoisotopic (exact) mass is 330 g/mol. The van der Waals surface area contributed by atoms with Crippen LogP contribution in [0.15, 0.2) is 42.5 Å². The Hall–Kier alpha value is -2.56. The van der Waals surface area contributed by atoms with E-state index in [-0.39, 0.29) is 18.5 Å². The van der Waals surface area contributed by atoms with Crippen molar-refractivity contribution in [3.05, 3.63) is 59.4 Å². The summed E-state index contributed by atoms with van der Waals surface area (Å²) < 4.78 is 18.4. The van der Waals surface area contributed by atoms with Crippen LogP contribution < -0.4 is 15.4 Å². The lowest BCUT2D eigenvalue weighted by Gasteiger charge is -2.15. The van der Waals surface area contributed by atoms with Gasteiger partial charge in [0.15, 0.2) is 0 Å². The van der Waals surface area contributed by atoms with Crippen LogP contribution >= 0.6 is 0 Å². The fraction of sp³-hybridized carbons (Fsp3) is 0.316. The molecule has 2 rings (SSSR count). The zero-order valence-electron chi connectivity index (χ0n) is 14.1. The van der Waals surface area contributed by atoms with E-state index in [2.05, 4.69) is 24.5 Å². The SMILES string of the molecule is CCc1cccc(CC)c1NC(=O)NCCOc1cccc(F)c1. The molecular weight excluding hydrogens is 307 g/mol. The predicted molar refractivity (Wildman–Crippen MR) is 94.1 cm³/mol. The van der Waals surface area contributed by atoms with E-state index in [0.29, 0.717) is 12.3 Å². The summed E-state index contributed by atoms with van der Waals surface area (Å²) in [5.41, 5.74) is 3.10. The molecule has 0 unspecified atom stereocenters. The molecule has 0 spiro atoms. The molecular formula is C19H23FN2O2. The van der Waals surface area contributed by atoms with Crippen LogP contribution in [-0.2, 0) is 12.8 Å². The highest BCUT2D eigenvalue weighted by Gasteiger charge is 2.09. The lowest BCUT2D eigenvalue weighted by atomic mass is 10.0. The van der Waals surface area contributed by atoms with Crippen LogP contribution in [0.4, 0.5) is 14.9 Å². The standard InChI is InChI=1S/C19H23FN2O2/c1-3-14-7-5-8-15(4-2)18(14)22-19(23)21-11-12-24-17-10-6-9-16(20)13-17/h5-10,13H,3-4,11-12H2,1-2H3,(H2,21,22,23). The first kappa shape index (κ1) is 17.8. The average molecular weight is 330 g/mol. The van der Waals surface area contributed by atoms with Gasteiger partial charge in [-0.15, -0.1) is 0 Å². The summed E-state index contributed by atoms with van der Waals surface area (Å²) in [6, 6.07) is 11.7. The van der Waals surface area contributed by atoms with Crippen LogP contribution in [0, 0.1) is 5.82 Å². The molecule has 0 aliphatic carbocycles. The largest absolute Gasteiger partial charge is 0.492 e. The number of carbonyl (C=O) groups excluding carboxylic acids is 1. The number of ether oxygens (including phenoxy) is 1. The van der Waals surface area contributed by atoms with Gasteiger partial charge in [-0.2, -0.15) is 0 Å². The van der Waals surface area contributed by atoms with Gasteiger partial charge < -0.3 is 15.4 Å². The highest BCUT2D eigenvalue weighted by atomic mass is 19.1. The predicted octanol–water partition coefficient (Wildman–Crippen LogP) is 4.15. The summed E-state index contributed by atoms with van der Waals surface area (Å²) in [6.45, 7) is 4.72. The zero-order chi connectivity index (χ0) is 17.4. The normalized spacial score (nSPS) is 10.3. The molecule has 0 saturated heterocycles. The first-order valence-electron chi connectivity index (χ1n) is 8.18. The number of amides is 2. The molecule has 2 N–H and O–H groups in total. The van der Waals surface area contributed by atoms with Gasteiger partial charge in [0, 0.05) is 11.8 Å². The Balaban J connectivity index is 1.83. The van der Waals surface area contributed by atoms with Crippen LogP contribution in [0.1, 0.15) is 25.0 Å². The number of benzene rings is 2. The van der Waals surface area contributed by atoms with Gasteiger partial charge in [-0.3, -0.25) is 0 Å². The first-order chi connectivity index (χ1) is 11.6. The van der Waals surface area contributed by atoms with Crippen molar-refractivity contribution in [3.63, 3.8) is 0 Å². The Morgan fingerprint density at radius 3 is 2.38 bits per heavy atom. The number of aryl methyl sites for hydroxylation is 2. The van der Waals surface area contributed by atoms with Crippen molar-refractivity contribution < 1.29 is 13.9 Å². The number of halogens is 1. The van der Waals surface area contributed by atoms with E-state index in [1.165, 1.54) is 12.1 Å². The quantitative estimate of drug-likeness (QED) is 0.749. The lowest BCUT2D eigenvalue weighted by Crippen LogP contribution is -2.32. The molecule has 2 aromatic rings. The molecule has 5 heteroatoms. The molecule has 0 radical (unpaired) electrons. The van der Waals surface area contributed by atoms with Crippen LogP contribution in [0.5, 0.6) is 5.75 Å². The summed E-state index contributed by atoms with van der Waals surface area (Å²) in [6.07, 6.45) is 1.71. The number of nitrogens with one attached hydrogen (secondary N) is 2. The average Bonchev–Trinajstić information content (AvgIpc) is 2.59. The van der Waals surface area contributed by atoms with Gasteiger partial charge in [-0.05, 0) is 36.1 Å². The van der Waals surface area contributed by atoms with Crippen molar-refractivity contribution in [2.24, 2.45) is 0 Å². The van der Waals surface area contributed by atoms with E-state index in [4.69, 9.17) is 4.74 Å². The number of rotatable bonds is 7. The molecule has 0 bridgehead atoms. The molecule has 0 aliphatic heterocycles. The number of anilines is 1. The Labute approximate surface area is 142 Å². The Morgan fingerprint density at radius 1 is 1.08 bits per heavy atom. The number of urea groups is 1. The molecule has 0 aliphatic rings. The van der Waals surface area contributed by atoms with Gasteiger partial charge in [0.2, 0.25) is 0 Å². The van der Waals surface area contributed by atoms with Crippen LogP contribution in [0.3, 0.4) is 0 Å². The van der Waals surface area contributed by atoms with Crippen molar-refractivity contribution in [2.45, 2.75) is 26.7 Å². The van der Waals surface area contributed by atoms with Gasteiger partial charge >= 0.3 is 6.03 Å². The molecule has 0 fully saturated rings. The van der Waals surface area contributed by atoms with Crippen LogP contribution in [0.25, 0.3) is 0 Å². The molecule has 24 heavy (non-hydrogen) atoms. The molecule has 2 amide bonds. The number of hydrogen-bond donors (Lipinski definition) is 2. The second-order valence-electron chi connectivity index (χ2n) is 5.35. The molecule has 0 atom stereocenters.